The molecule has 0 fully saturated rings. The van der Waals surface area contributed by atoms with Crippen LogP contribution in [0.1, 0.15) is 0 Å². The molecule has 0 aliphatic heterocycles. The van der Waals surface area contributed by atoms with Gasteiger partial charge in [0.2, 0.25) is 0 Å². The molecule has 6 nitrogen and oxygen atoms in total. The highest BCUT2D eigenvalue weighted by atomic mass is 16.6. The third kappa shape index (κ3) is 2.20. The zero-order chi connectivity index (χ0) is 13.2. The van der Waals surface area contributed by atoms with Crippen molar-refractivity contribution in [2.45, 2.75) is 13.1 Å². The van der Waals surface area contributed by atoms with Crippen LogP contribution >= 0.6 is 0 Å². The fourth-order valence-electron chi connectivity index (χ4n) is 2.14. The largest absolute Gasteiger partial charge is 0.346 e. The Morgan fingerprint density at radius 3 is 2.84 bits per heavy atom. The highest BCUT2D eigenvalue weighted by Gasteiger charge is 2.08. The van der Waals surface area contributed by atoms with Gasteiger partial charge in [-0.05, 0) is 18.2 Å². The minimum Gasteiger partial charge on any atom is -0.346 e. The molecule has 0 N–H and O–H groups in total. The fraction of sp³-hybridized carbons (Fsp3) is 0.154. The van der Waals surface area contributed by atoms with Crippen LogP contribution in [-0.4, -0.2) is 19.3 Å². The molecule has 2 heterocycles. The Labute approximate surface area is 109 Å². The first kappa shape index (κ1) is 11.5. The van der Waals surface area contributed by atoms with Gasteiger partial charge >= 0.3 is 0 Å². The molecule has 6 heteroatoms. The van der Waals surface area contributed by atoms with Crippen LogP contribution in [0.15, 0.2) is 48.9 Å². The highest BCUT2D eigenvalue weighted by Crippen LogP contribution is 2.21. The predicted molar refractivity (Wildman–Crippen MR) is 70.8 cm³/mol. The van der Waals surface area contributed by atoms with Crippen LogP contribution in [-0.2, 0) is 13.1 Å². The molecule has 0 saturated carbocycles. The number of rotatable bonds is 4. The van der Waals surface area contributed by atoms with Crippen molar-refractivity contribution >= 4 is 16.6 Å². The van der Waals surface area contributed by atoms with E-state index in [0.717, 1.165) is 24.0 Å². The van der Waals surface area contributed by atoms with Crippen LogP contribution in [0.5, 0.6) is 0 Å². The minimum atomic E-state index is -0.374. The van der Waals surface area contributed by atoms with E-state index in [1.54, 1.807) is 18.3 Å². The Morgan fingerprint density at radius 1 is 1.21 bits per heavy atom. The number of benzene rings is 1. The molecule has 0 unspecified atom stereocenters. The Balaban J connectivity index is 1.86. The molecule has 0 aliphatic carbocycles. The van der Waals surface area contributed by atoms with Crippen LogP contribution in [0.2, 0.25) is 0 Å². The lowest BCUT2D eigenvalue weighted by Crippen LogP contribution is -2.06. The second-order valence-corrected chi connectivity index (χ2v) is 4.28. The third-order valence-electron chi connectivity index (χ3n) is 3.09. The number of aryl methyl sites for hydroxylation is 2. The summed E-state index contributed by atoms with van der Waals surface area (Å²) in [7, 11) is 0. The van der Waals surface area contributed by atoms with Crippen molar-refractivity contribution in [2.24, 2.45) is 0 Å². The molecule has 3 rings (SSSR count). The monoisotopic (exact) mass is 256 g/mol. The van der Waals surface area contributed by atoms with Crippen molar-refractivity contribution in [3.8, 4) is 0 Å². The van der Waals surface area contributed by atoms with Crippen molar-refractivity contribution < 1.29 is 4.92 Å². The molecule has 96 valence electrons. The van der Waals surface area contributed by atoms with Crippen molar-refractivity contribution in [1.82, 2.24) is 14.3 Å². The van der Waals surface area contributed by atoms with E-state index in [1.807, 2.05) is 29.2 Å². The maximum atomic E-state index is 10.7. The van der Waals surface area contributed by atoms with Crippen LogP contribution in [0.4, 0.5) is 5.69 Å². The van der Waals surface area contributed by atoms with E-state index in [0.29, 0.717) is 0 Å². The SMILES string of the molecule is O=[N+]([O-])c1ccc2c(ccn2CCn2cccn2)c1. The molecule has 0 amide bonds. The molecule has 1 aromatic carbocycles. The van der Waals surface area contributed by atoms with Crippen molar-refractivity contribution in [3.05, 3.63) is 59.0 Å². The second kappa shape index (κ2) is 4.56. The average Bonchev–Trinajstić information content (AvgIpc) is 3.05. The summed E-state index contributed by atoms with van der Waals surface area (Å²) in [5.41, 5.74) is 1.12. The maximum absolute atomic E-state index is 10.7. The van der Waals surface area contributed by atoms with E-state index >= 15 is 0 Å². The van der Waals surface area contributed by atoms with Crippen molar-refractivity contribution in [3.63, 3.8) is 0 Å². The fourth-order valence-corrected chi connectivity index (χ4v) is 2.14. The van der Waals surface area contributed by atoms with Gasteiger partial charge in [-0.2, -0.15) is 5.10 Å². The summed E-state index contributed by atoms with van der Waals surface area (Å²) in [5.74, 6) is 0. The quantitative estimate of drug-likeness (QED) is 0.532. The third-order valence-corrected chi connectivity index (χ3v) is 3.09. The summed E-state index contributed by atoms with van der Waals surface area (Å²) in [4.78, 5) is 10.3. The van der Waals surface area contributed by atoms with Gasteiger partial charge in [0.1, 0.15) is 0 Å². The lowest BCUT2D eigenvalue weighted by atomic mass is 10.2. The average molecular weight is 256 g/mol. The number of nitrogens with zero attached hydrogens (tertiary/aromatic N) is 4. The van der Waals surface area contributed by atoms with Crippen LogP contribution in [0.25, 0.3) is 10.9 Å². The summed E-state index contributed by atoms with van der Waals surface area (Å²) in [6.45, 7) is 1.55. The zero-order valence-corrected chi connectivity index (χ0v) is 10.1. The van der Waals surface area contributed by atoms with Gasteiger partial charge in [-0.25, -0.2) is 0 Å². The predicted octanol–water partition coefficient (Wildman–Crippen LogP) is 2.45. The van der Waals surface area contributed by atoms with Crippen molar-refractivity contribution in [1.29, 1.82) is 0 Å². The summed E-state index contributed by atoms with van der Waals surface area (Å²) < 4.78 is 3.93. The van der Waals surface area contributed by atoms with E-state index in [9.17, 15) is 10.1 Å². The standard InChI is InChI=1S/C13H12N4O2/c18-17(19)12-2-3-13-11(10-12)4-7-15(13)8-9-16-6-1-5-14-16/h1-7,10H,8-9H2. The Hall–Kier alpha value is -2.63. The molecule has 0 spiro atoms. The first-order chi connectivity index (χ1) is 9.24. The second-order valence-electron chi connectivity index (χ2n) is 4.28. The van der Waals surface area contributed by atoms with Gasteiger partial charge in [0.15, 0.2) is 0 Å². The number of hydrogen-bond acceptors (Lipinski definition) is 3. The topological polar surface area (TPSA) is 65.9 Å². The first-order valence-corrected chi connectivity index (χ1v) is 5.95. The lowest BCUT2D eigenvalue weighted by molar-refractivity contribution is -0.384. The first-order valence-electron chi connectivity index (χ1n) is 5.95. The van der Waals surface area contributed by atoms with Gasteiger partial charge in [0.05, 0.1) is 11.5 Å². The Kier molecular flexibility index (Phi) is 2.75. The normalized spacial score (nSPS) is 10.9. The molecule has 0 atom stereocenters. The number of nitro groups is 1. The zero-order valence-electron chi connectivity index (χ0n) is 10.1. The Bertz CT molecular complexity index is 715. The number of non-ortho nitro benzene ring substituents is 1. The summed E-state index contributed by atoms with van der Waals surface area (Å²) in [6, 6.07) is 8.70. The van der Waals surface area contributed by atoms with E-state index in [1.165, 1.54) is 6.07 Å². The summed E-state index contributed by atoms with van der Waals surface area (Å²) in [6.07, 6.45) is 5.60. The Morgan fingerprint density at radius 2 is 2.11 bits per heavy atom. The number of hydrogen-bond donors (Lipinski definition) is 0. The van der Waals surface area contributed by atoms with Gasteiger partial charge in [-0.1, -0.05) is 0 Å². The van der Waals surface area contributed by atoms with Gasteiger partial charge < -0.3 is 4.57 Å². The van der Waals surface area contributed by atoms with E-state index < -0.39 is 0 Å². The van der Waals surface area contributed by atoms with Crippen LogP contribution < -0.4 is 0 Å². The number of fused-ring (bicyclic) bond motifs is 1. The molecule has 0 saturated heterocycles. The number of nitro benzene ring substituents is 1. The molecule has 2 aromatic heterocycles. The molecule has 19 heavy (non-hydrogen) atoms. The molecular weight excluding hydrogens is 244 g/mol. The summed E-state index contributed by atoms with van der Waals surface area (Å²) in [5, 5.41) is 15.8. The van der Waals surface area contributed by atoms with Crippen LogP contribution in [0, 0.1) is 10.1 Å². The maximum Gasteiger partial charge on any atom is 0.270 e. The molecule has 0 aliphatic rings. The van der Waals surface area contributed by atoms with E-state index in [4.69, 9.17) is 0 Å². The van der Waals surface area contributed by atoms with Gasteiger partial charge in [-0.15, -0.1) is 0 Å². The van der Waals surface area contributed by atoms with E-state index in [-0.39, 0.29) is 10.6 Å². The van der Waals surface area contributed by atoms with Crippen molar-refractivity contribution in [2.75, 3.05) is 0 Å². The molecule has 0 bridgehead atoms. The lowest BCUT2D eigenvalue weighted by Gasteiger charge is -2.05. The van der Waals surface area contributed by atoms with Gasteiger partial charge in [0.25, 0.3) is 5.69 Å². The molecule has 3 aromatic rings. The summed E-state index contributed by atoms with van der Waals surface area (Å²) >= 11 is 0. The van der Waals surface area contributed by atoms with Crippen LogP contribution in [0.3, 0.4) is 0 Å². The molecular formula is C13H12N4O2. The van der Waals surface area contributed by atoms with Gasteiger partial charge in [0, 0.05) is 48.2 Å². The molecule has 0 radical (unpaired) electrons. The number of aromatic nitrogens is 3. The minimum absolute atomic E-state index is 0.123. The highest BCUT2D eigenvalue weighted by molar-refractivity contribution is 5.82. The smallest absolute Gasteiger partial charge is 0.270 e. The van der Waals surface area contributed by atoms with E-state index in [2.05, 4.69) is 9.67 Å². The van der Waals surface area contributed by atoms with Gasteiger partial charge in [-0.3, -0.25) is 14.8 Å².